The Kier molecular flexibility index (Phi) is 9.10. The van der Waals surface area contributed by atoms with Gasteiger partial charge in [0.2, 0.25) is 11.9 Å². The molecule has 0 saturated heterocycles. The summed E-state index contributed by atoms with van der Waals surface area (Å²) < 4.78 is 0. The Bertz CT molecular complexity index is 655. The highest BCUT2D eigenvalue weighted by Crippen LogP contribution is 2.30. The third-order valence-electron chi connectivity index (χ3n) is 5.39. The number of halogens is 1. The summed E-state index contributed by atoms with van der Waals surface area (Å²) >= 11 is 6.06. The Labute approximate surface area is 175 Å². The minimum absolute atomic E-state index is 0.365. The molecule has 0 saturated carbocycles. The van der Waals surface area contributed by atoms with Crippen molar-refractivity contribution in [3.63, 3.8) is 0 Å². The Morgan fingerprint density at radius 1 is 1.04 bits per heavy atom. The van der Waals surface area contributed by atoms with E-state index in [2.05, 4.69) is 34.0 Å². The van der Waals surface area contributed by atoms with E-state index in [0.717, 1.165) is 18.5 Å². The van der Waals surface area contributed by atoms with Crippen LogP contribution in [0.15, 0.2) is 34.3 Å². The number of anilines is 1. The topological polar surface area (TPSA) is 66.0 Å². The highest BCUT2D eigenvalue weighted by Gasteiger charge is 2.38. The van der Waals surface area contributed by atoms with Crippen molar-refractivity contribution in [3.8, 4) is 0 Å². The molecule has 0 radical (unpaired) electrons. The molecular formula is C22H36ClN5. The second kappa shape index (κ2) is 11.3. The van der Waals surface area contributed by atoms with Crippen LogP contribution in [0.25, 0.3) is 0 Å². The maximum absolute atomic E-state index is 6.32. The van der Waals surface area contributed by atoms with Gasteiger partial charge in [0.25, 0.3) is 0 Å². The molecule has 2 rings (SSSR count). The first-order chi connectivity index (χ1) is 13.5. The largest absolute Gasteiger partial charge is 0.369 e. The van der Waals surface area contributed by atoms with Gasteiger partial charge < -0.3 is 11.1 Å². The molecule has 1 aromatic carbocycles. The van der Waals surface area contributed by atoms with Crippen molar-refractivity contribution in [3.05, 3.63) is 29.3 Å². The molecule has 1 heterocycles. The summed E-state index contributed by atoms with van der Waals surface area (Å²) in [5.41, 5.74) is 6.94. The number of hydrogen-bond acceptors (Lipinski definition) is 3. The van der Waals surface area contributed by atoms with E-state index in [1.54, 1.807) is 7.05 Å². The smallest absolute Gasteiger partial charge is 0.222 e. The summed E-state index contributed by atoms with van der Waals surface area (Å²) in [4.78, 5) is 10.7. The van der Waals surface area contributed by atoms with Crippen LogP contribution >= 0.6 is 11.6 Å². The zero-order valence-electron chi connectivity index (χ0n) is 17.7. The number of hydrogen-bond donors (Lipinski definition) is 2. The third kappa shape index (κ3) is 6.40. The molecular weight excluding hydrogens is 370 g/mol. The van der Waals surface area contributed by atoms with E-state index in [9.17, 15) is 0 Å². The summed E-state index contributed by atoms with van der Waals surface area (Å²) in [5, 5.41) is 4.18. The molecule has 1 aliphatic heterocycles. The average molecular weight is 406 g/mol. The highest BCUT2D eigenvalue weighted by atomic mass is 35.5. The van der Waals surface area contributed by atoms with Crippen molar-refractivity contribution in [2.45, 2.75) is 83.7 Å². The van der Waals surface area contributed by atoms with Crippen LogP contribution in [0.4, 0.5) is 5.69 Å². The number of nitrogens with two attached hydrogens (primary N) is 1. The monoisotopic (exact) mass is 405 g/mol. The molecule has 0 spiro atoms. The van der Waals surface area contributed by atoms with Gasteiger partial charge in [0, 0.05) is 17.8 Å². The molecule has 1 aliphatic rings. The molecule has 3 N–H and O–H groups in total. The van der Waals surface area contributed by atoms with Gasteiger partial charge >= 0.3 is 0 Å². The number of guanidine groups is 2. The van der Waals surface area contributed by atoms with Crippen molar-refractivity contribution < 1.29 is 0 Å². The minimum atomic E-state index is -0.365. The van der Waals surface area contributed by atoms with Gasteiger partial charge in [-0.25, -0.2) is 0 Å². The van der Waals surface area contributed by atoms with Crippen LogP contribution in [0, 0.1) is 0 Å². The van der Waals surface area contributed by atoms with Gasteiger partial charge in [-0.15, -0.1) is 0 Å². The van der Waals surface area contributed by atoms with Crippen LogP contribution in [0.3, 0.4) is 0 Å². The molecule has 6 heteroatoms. The molecule has 0 aromatic heterocycles. The zero-order valence-corrected chi connectivity index (χ0v) is 18.4. The maximum atomic E-state index is 6.32. The number of rotatable bonds is 11. The predicted octanol–water partition coefficient (Wildman–Crippen LogP) is 5.69. The molecule has 0 aliphatic carbocycles. The summed E-state index contributed by atoms with van der Waals surface area (Å²) in [6.07, 6.45) is 12.7. The Morgan fingerprint density at radius 3 is 2.18 bits per heavy atom. The minimum Gasteiger partial charge on any atom is -0.369 e. The van der Waals surface area contributed by atoms with E-state index in [-0.39, 0.29) is 5.66 Å². The summed E-state index contributed by atoms with van der Waals surface area (Å²) in [7, 11) is 1.73. The van der Waals surface area contributed by atoms with Gasteiger partial charge in [0.1, 0.15) is 5.66 Å². The van der Waals surface area contributed by atoms with Crippen molar-refractivity contribution in [1.29, 1.82) is 0 Å². The molecule has 0 amide bonds. The van der Waals surface area contributed by atoms with Crippen molar-refractivity contribution in [2.24, 2.45) is 15.7 Å². The second-order valence-electron chi connectivity index (χ2n) is 7.81. The van der Waals surface area contributed by atoms with Gasteiger partial charge in [0.15, 0.2) is 0 Å². The molecule has 1 unspecified atom stereocenters. The second-order valence-corrected chi connectivity index (χ2v) is 8.24. The Morgan fingerprint density at radius 2 is 1.61 bits per heavy atom. The standard InChI is InChI=1S/C22H36ClN5/c1-4-5-6-7-8-9-10-11-12-17-22(2)27-21(25-3)26-20(24)28(22)19-15-13-18(23)14-16-19/h13-16H,4-12,17H2,1-3H3,(H3,24,25,26,27). The Hall–Kier alpha value is -1.75. The summed E-state index contributed by atoms with van der Waals surface area (Å²) in [6.45, 7) is 4.43. The molecule has 156 valence electrons. The highest BCUT2D eigenvalue weighted by molar-refractivity contribution is 6.30. The van der Waals surface area contributed by atoms with Crippen LogP contribution in [-0.4, -0.2) is 24.6 Å². The lowest BCUT2D eigenvalue weighted by atomic mass is 9.98. The normalized spacial score (nSPS) is 20.9. The molecule has 0 fully saturated rings. The summed E-state index contributed by atoms with van der Waals surface area (Å²) in [6, 6.07) is 7.73. The van der Waals surface area contributed by atoms with Gasteiger partial charge in [-0.1, -0.05) is 69.9 Å². The van der Waals surface area contributed by atoms with Gasteiger partial charge in [-0.3, -0.25) is 9.89 Å². The number of aliphatic imine (C=N–C) groups is 2. The number of unbranched alkanes of at least 4 members (excludes halogenated alkanes) is 8. The van der Waals surface area contributed by atoms with Crippen molar-refractivity contribution in [2.75, 3.05) is 11.9 Å². The molecule has 0 bridgehead atoms. The van der Waals surface area contributed by atoms with Crippen LogP contribution < -0.4 is 16.0 Å². The lowest BCUT2D eigenvalue weighted by Gasteiger charge is -2.45. The van der Waals surface area contributed by atoms with Gasteiger partial charge in [-0.05, 0) is 44.0 Å². The number of benzene rings is 1. The van der Waals surface area contributed by atoms with E-state index in [1.807, 2.05) is 24.3 Å². The van der Waals surface area contributed by atoms with Crippen molar-refractivity contribution in [1.82, 2.24) is 5.32 Å². The molecule has 1 atom stereocenters. The first-order valence-electron chi connectivity index (χ1n) is 10.6. The first-order valence-corrected chi connectivity index (χ1v) is 11.0. The van der Waals surface area contributed by atoms with E-state index >= 15 is 0 Å². The number of nitrogens with one attached hydrogen (secondary N) is 1. The van der Waals surface area contributed by atoms with Crippen LogP contribution in [0.5, 0.6) is 0 Å². The van der Waals surface area contributed by atoms with Crippen LogP contribution in [0.2, 0.25) is 5.02 Å². The van der Waals surface area contributed by atoms with Crippen molar-refractivity contribution >= 4 is 29.2 Å². The fraction of sp³-hybridized carbons (Fsp3) is 0.636. The van der Waals surface area contributed by atoms with Crippen LogP contribution in [-0.2, 0) is 0 Å². The van der Waals surface area contributed by atoms with E-state index < -0.39 is 0 Å². The van der Waals surface area contributed by atoms with E-state index in [4.69, 9.17) is 17.3 Å². The number of nitrogens with zero attached hydrogens (tertiary/aromatic N) is 3. The van der Waals surface area contributed by atoms with Crippen LogP contribution in [0.1, 0.15) is 78.1 Å². The molecule has 28 heavy (non-hydrogen) atoms. The molecule has 5 nitrogen and oxygen atoms in total. The summed E-state index contributed by atoms with van der Waals surface area (Å²) in [5.74, 6) is 1.04. The van der Waals surface area contributed by atoms with Gasteiger partial charge in [0.05, 0.1) is 0 Å². The SMILES string of the molecule is CCCCCCCCCCCC1(C)NC(=NC)N=C(N)N1c1ccc(Cl)cc1. The average Bonchev–Trinajstić information content (AvgIpc) is 2.67. The fourth-order valence-electron chi connectivity index (χ4n) is 3.80. The maximum Gasteiger partial charge on any atom is 0.222 e. The van der Waals surface area contributed by atoms with E-state index in [0.29, 0.717) is 16.9 Å². The van der Waals surface area contributed by atoms with E-state index in [1.165, 1.54) is 51.4 Å². The van der Waals surface area contributed by atoms with Gasteiger partial charge in [-0.2, -0.15) is 4.99 Å². The lowest BCUT2D eigenvalue weighted by Crippen LogP contribution is -2.66. The Balaban J connectivity index is 1.94. The predicted molar refractivity (Wildman–Crippen MR) is 122 cm³/mol. The third-order valence-corrected chi connectivity index (χ3v) is 5.64. The quantitative estimate of drug-likeness (QED) is 0.465. The zero-order chi connectivity index (χ0) is 20.4. The lowest BCUT2D eigenvalue weighted by molar-refractivity contribution is 0.371. The fourth-order valence-corrected chi connectivity index (χ4v) is 3.93. The first kappa shape index (κ1) is 22.5. The molecule has 1 aromatic rings.